The number of benzene rings is 3. The number of anilines is 2. The molecule has 2 N–H and O–H groups in total. The third-order valence-electron chi connectivity index (χ3n) is 4.17. The molecule has 0 bridgehead atoms. The zero-order chi connectivity index (χ0) is 22.6. The lowest BCUT2D eigenvalue weighted by Crippen LogP contribution is -2.18. The summed E-state index contributed by atoms with van der Waals surface area (Å²) in [6.45, 7) is 0. The summed E-state index contributed by atoms with van der Waals surface area (Å²) in [5, 5.41) is 2.80. The molecule has 1 amide bonds. The summed E-state index contributed by atoms with van der Waals surface area (Å²) in [5.74, 6) is -2.04. The van der Waals surface area contributed by atoms with Crippen LogP contribution in [0.2, 0.25) is 5.02 Å². The van der Waals surface area contributed by atoms with Gasteiger partial charge < -0.3 is 10.1 Å². The van der Waals surface area contributed by atoms with Crippen LogP contribution >= 0.6 is 11.6 Å². The molecule has 31 heavy (non-hydrogen) atoms. The van der Waals surface area contributed by atoms with Gasteiger partial charge in [-0.15, -0.1) is 0 Å². The molecule has 0 aliphatic heterocycles. The van der Waals surface area contributed by atoms with Gasteiger partial charge in [0.2, 0.25) is 0 Å². The molecule has 0 atom stereocenters. The van der Waals surface area contributed by atoms with E-state index in [-0.39, 0.29) is 27.5 Å². The molecule has 0 aliphatic carbocycles. The summed E-state index contributed by atoms with van der Waals surface area (Å²) in [6.07, 6.45) is 0. The molecule has 0 unspecified atom stereocenters. The van der Waals surface area contributed by atoms with E-state index < -0.39 is 32.6 Å². The minimum absolute atomic E-state index is 0.00724. The summed E-state index contributed by atoms with van der Waals surface area (Å²) in [4.78, 5) is 23.6. The highest BCUT2D eigenvalue weighted by Gasteiger charge is 2.21. The number of hydrogen-bond acceptors (Lipinski definition) is 5. The first kappa shape index (κ1) is 22.3. The zero-order valence-corrected chi connectivity index (χ0v) is 17.6. The molecule has 0 aromatic heterocycles. The van der Waals surface area contributed by atoms with Gasteiger partial charge in [0.05, 0.1) is 24.0 Å². The lowest BCUT2D eigenvalue weighted by molar-refractivity contribution is 0.0600. The fraction of sp³-hybridized carbons (Fsp3) is 0.0476. The van der Waals surface area contributed by atoms with Crippen LogP contribution in [0.25, 0.3) is 0 Å². The molecule has 160 valence electrons. The highest BCUT2D eigenvalue weighted by atomic mass is 35.5. The van der Waals surface area contributed by atoms with Crippen molar-refractivity contribution in [3.63, 3.8) is 0 Å². The molecule has 0 radical (unpaired) electrons. The number of methoxy groups -OCH3 is 1. The standard InChI is InChI=1S/C21H16ClFN2O5S/c1-30-21(27)14-8-6-13(7-9-14)20(26)24-18-12-15(22)10-11-17(18)25-31(28,29)19-5-3-2-4-16(19)23/h2-12,25H,1H3,(H,24,26). The average molecular weight is 463 g/mol. The number of esters is 1. The number of carbonyl (C=O) groups excluding carboxylic acids is 2. The number of rotatable bonds is 6. The van der Waals surface area contributed by atoms with Crippen molar-refractivity contribution >= 4 is 44.9 Å². The Morgan fingerprint density at radius 2 is 1.58 bits per heavy atom. The second-order valence-corrected chi connectivity index (χ2v) is 8.34. The molecule has 0 spiro atoms. The molecule has 3 rings (SSSR count). The SMILES string of the molecule is COC(=O)c1ccc(C(=O)Nc2cc(Cl)ccc2NS(=O)(=O)c2ccccc2F)cc1. The molecular weight excluding hydrogens is 447 g/mol. The van der Waals surface area contributed by atoms with E-state index in [1.807, 2.05) is 0 Å². The van der Waals surface area contributed by atoms with E-state index in [1.165, 1.54) is 61.7 Å². The highest BCUT2D eigenvalue weighted by Crippen LogP contribution is 2.29. The maximum absolute atomic E-state index is 14.0. The lowest BCUT2D eigenvalue weighted by atomic mass is 10.1. The number of halogens is 2. The number of sulfonamides is 1. The van der Waals surface area contributed by atoms with Gasteiger partial charge in [0.15, 0.2) is 0 Å². The Bertz CT molecular complexity index is 1250. The second kappa shape index (κ2) is 9.15. The monoisotopic (exact) mass is 462 g/mol. The van der Waals surface area contributed by atoms with Crippen LogP contribution in [-0.4, -0.2) is 27.4 Å². The van der Waals surface area contributed by atoms with Gasteiger partial charge in [-0.3, -0.25) is 9.52 Å². The third-order valence-corrected chi connectivity index (χ3v) is 5.80. The molecule has 3 aromatic rings. The van der Waals surface area contributed by atoms with E-state index in [9.17, 15) is 22.4 Å². The average Bonchev–Trinajstić information content (AvgIpc) is 2.75. The molecule has 0 aliphatic rings. The van der Waals surface area contributed by atoms with Crippen LogP contribution in [0.15, 0.2) is 71.6 Å². The first-order valence-electron chi connectivity index (χ1n) is 8.78. The maximum atomic E-state index is 14.0. The second-order valence-electron chi connectivity index (χ2n) is 6.25. The van der Waals surface area contributed by atoms with E-state index in [1.54, 1.807) is 0 Å². The van der Waals surface area contributed by atoms with Crippen LogP contribution in [0, 0.1) is 5.82 Å². The van der Waals surface area contributed by atoms with Crippen LogP contribution in [0.3, 0.4) is 0 Å². The van der Waals surface area contributed by atoms with Crippen molar-refractivity contribution in [1.29, 1.82) is 0 Å². The van der Waals surface area contributed by atoms with Gasteiger partial charge in [0, 0.05) is 10.6 Å². The van der Waals surface area contributed by atoms with E-state index in [0.717, 1.165) is 12.1 Å². The Hall–Kier alpha value is -3.43. The van der Waals surface area contributed by atoms with Crippen molar-refractivity contribution in [3.05, 3.63) is 88.7 Å². The first-order valence-corrected chi connectivity index (χ1v) is 10.6. The highest BCUT2D eigenvalue weighted by molar-refractivity contribution is 7.92. The van der Waals surface area contributed by atoms with Crippen LogP contribution in [-0.2, 0) is 14.8 Å². The fourth-order valence-corrected chi connectivity index (χ4v) is 3.97. The minimum atomic E-state index is -4.27. The topological polar surface area (TPSA) is 102 Å². The normalized spacial score (nSPS) is 10.9. The first-order chi connectivity index (χ1) is 14.7. The molecule has 0 heterocycles. The zero-order valence-electron chi connectivity index (χ0n) is 16.1. The summed E-state index contributed by atoms with van der Waals surface area (Å²) in [5.41, 5.74) is 0.525. The molecule has 7 nitrogen and oxygen atoms in total. The number of nitrogens with one attached hydrogen (secondary N) is 2. The van der Waals surface area contributed by atoms with Gasteiger partial charge in [-0.05, 0) is 54.6 Å². The molecular formula is C21H16ClFN2O5S. The van der Waals surface area contributed by atoms with E-state index in [0.29, 0.717) is 0 Å². The van der Waals surface area contributed by atoms with Crippen molar-refractivity contribution in [2.75, 3.05) is 17.1 Å². The Morgan fingerprint density at radius 1 is 0.935 bits per heavy atom. The van der Waals surface area contributed by atoms with Crippen LogP contribution in [0.1, 0.15) is 20.7 Å². The lowest BCUT2D eigenvalue weighted by Gasteiger charge is -2.14. The molecule has 3 aromatic carbocycles. The minimum Gasteiger partial charge on any atom is -0.465 e. The van der Waals surface area contributed by atoms with Crippen LogP contribution < -0.4 is 10.0 Å². The summed E-state index contributed by atoms with van der Waals surface area (Å²) in [6, 6.07) is 14.7. The number of hydrogen-bond donors (Lipinski definition) is 2. The Kier molecular flexibility index (Phi) is 6.57. The van der Waals surface area contributed by atoms with E-state index >= 15 is 0 Å². The van der Waals surface area contributed by atoms with Gasteiger partial charge in [0.1, 0.15) is 10.7 Å². The quantitative estimate of drug-likeness (QED) is 0.531. The van der Waals surface area contributed by atoms with Crippen molar-refractivity contribution in [2.45, 2.75) is 4.90 Å². The largest absolute Gasteiger partial charge is 0.465 e. The molecule has 10 heteroatoms. The number of ether oxygens (including phenoxy) is 1. The maximum Gasteiger partial charge on any atom is 0.337 e. The predicted molar refractivity (Wildman–Crippen MR) is 114 cm³/mol. The van der Waals surface area contributed by atoms with Crippen molar-refractivity contribution in [2.24, 2.45) is 0 Å². The van der Waals surface area contributed by atoms with Crippen molar-refractivity contribution in [1.82, 2.24) is 0 Å². The third kappa shape index (κ3) is 5.19. The molecule has 0 saturated heterocycles. The van der Waals surface area contributed by atoms with Gasteiger partial charge in [-0.2, -0.15) is 0 Å². The smallest absolute Gasteiger partial charge is 0.337 e. The van der Waals surface area contributed by atoms with Crippen LogP contribution in [0.5, 0.6) is 0 Å². The fourth-order valence-electron chi connectivity index (χ4n) is 2.64. The van der Waals surface area contributed by atoms with Gasteiger partial charge in [-0.25, -0.2) is 17.6 Å². The predicted octanol–water partition coefficient (Wildman–Crippen LogP) is 4.32. The number of amides is 1. The summed E-state index contributed by atoms with van der Waals surface area (Å²) in [7, 11) is -3.03. The Labute approximate surface area is 182 Å². The van der Waals surface area contributed by atoms with Gasteiger partial charge in [0.25, 0.3) is 15.9 Å². The van der Waals surface area contributed by atoms with Crippen molar-refractivity contribution < 1.29 is 27.1 Å². The number of carbonyl (C=O) groups is 2. The summed E-state index contributed by atoms with van der Waals surface area (Å²) >= 11 is 5.99. The van der Waals surface area contributed by atoms with Crippen molar-refractivity contribution in [3.8, 4) is 0 Å². The van der Waals surface area contributed by atoms with E-state index in [4.69, 9.17) is 11.6 Å². The van der Waals surface area contributed by atoms with Gasteiger partial charge >= 0.3 is 5.97 Å². The molecule has 0 fully saturated rings. The van der Waals surface area contributed by atoms with E-state index in [2.05, 4.69) is 14.8 Å². The summed E-state index contributed by atoms with van der Waals surface area (Å²) < 4.78 is 46.0. The van der Waals surface area contributed by atoms with Gasteiger partial charge in [-0.1, -0.05) is 23.7 Å². The molecule has 0 saturated carbocycles. The Balaban J connectivity index is 1.87. The van der Waals surface area contributed by atoms with Crippen LogP contribution in [0.4, 0.5) is 15.8 Å². The Morgan fingerprint density at radius 3 is 2.23 bits per heavy atom.